The molecule has 0 amide bonds. The number of ether oxygens (including phenoxy) is 2. The van der Waals surface area contributed by atoms with Gasteiger partial charge in [0.2, 0.25) is 0 Å². The van der Waals surface area contributed by atoms with Crippen molar-refractivity contribution in [2.24, 2.45) is 28.6 Å². The second-order valence-corrected chi connectivity index (χ2v) is 10.2. The summed E-state index contributed by atoms with van der Waals surface area (Å²) in [6.07, 6.45) is 4.98. The van der Waals surface area contributed by atoms with Crippen LogP contribution in [0, 0.1) is 28.6 Å². The number of fused-ring (bicyclic) bond motifs is 5. The molecule has 0 aliphatic heterocycles. The molecule has 3 unspecified atom stereocenters. The van der Waals surface area contributed by atoms with Gasteiger partial charge in [-0.25, -0.2) is 0 Å². The van der Waals surface area contributed by atoms with Gasteiger partial charge in [0.05, 0.1) is 12.2 Å². The molecule has 0 spiro atoms. The van der Waals surface area contributed by atoms with Gasteiger partial charge in [-0.3, -0.25) is 9.59 Å². The Morgan fingerprint density at radius 2 is 1.72 bits per heavy atom. The zero-order valence-electron chi connectivity index (χ0n) is 17.9. The third kappa shape index (κ3) is 3.23. The Morgan fingerprint density at radius 1 is 1.03 bits per heavy atom. The molecule has 0 aromatic rings. The maximum absolute atomic E-state index is 11.5. The predicted octanol–water partition coefficient (Wildman–Crippen LogP) is 2.75. The van der Waals surface area contributed by atoms with E-state index in [2.05, 4.69) is 13.8 Å². The molecule has 0 bridgehead atoms. The molecule has 3 fully saturated rings. The molecule has 0 radical (unpaired) electrons. The first kappa shape index (κ1) is 20.9. The van der Waals surface area contributed by atoms with Crippen LogP contribution < -0.4 is 0 Å². The molecule has 0 aromatic carbocycles. The van der Waals surface area contributed by atoms with Gasteiger partial charge in [0.25, 0.3) is 0 Å². The van der Waals surface area contributed by atoms with Crippen LogP contribution in [0.25, 0.3) is 0 Å². The summed E-state index contributed by atoms with van der Waals surface area (Å²) in [6.45, 7) is 7.21. The van der Waals surface area contributed by atoms with E-state index in [0.29, 0.717) is 18.8 Å². The lowest BCUT2D eigenvalue weighted by atomic mass is 9.47. The molecule has 0 saturated heterocycles. The largest absolute Gasteiger partial charge is 0.462 e. The molecule has 4 aliphatic rings. The minimum absolute atomic E-state index is 0.0215. The second kappa shape index (κ2) is 7.09. The molecule has 0 aromatic heterocycles. The van der Waals surface area contributed by atoms with Crippen LogP contribution in [0.1, 0.15) is 66.2 Å². The van der Waals surface area contributed by atoms with Gasteiger partial charge in [0.15, 0.2) is 0 Å². The lowest BCUT2D eigenvalue weighted by Crippen LogP contribution is -2.55. The van der Waals surface area contributed by atoms with Crippen molar-refractivity contribution in [2.75, 3.05) is 0 Å². The summed E-state index contributed by atoms with van der Waals surface area (Å²) in [4.78, 5) is 22.9. The smallest absolute Gasteiger partial charge is 0.302 e. The van der Waals surface area contributed by atoms with Crippen LogP contribution in [0.2, 0.25) is 0 Å². The Hall–Kier alpha value is -1.40. The normalized spacial score (nSPS) is 48.6. The van der Waals surface area contributed by atoms with E-state index >= 15 is 0 Å². The van der Waals surface area contributed by atoms with Crippen LogP contribution in [-0.4, -0.2) is 46.6 Å². The summed E-state index contributed by atoms with van der Waals surface area (Å²) in [5.74, 6) is -0.148. The number of aliphatic hydroxyl groups excluding tert-OH is 2. The molecule has 162 valence electrons. The Bertz CT molecular complexity index is 731. The van der Waals surface area contributed by atoms with Gasteiger partial charge in [0.1, 0.15) is 12.2 Å². The third-order valence-electron chi connectivity index (χ3n) is 8.69. The SMILES string of the molecule is CC(=O)OC1CC2[C@H]3C(CC[C@]2(C)[C@H]1O)[C@@]1(C)CC[C@H](OC(C)=O)CC1=C[C@@H]3O. The minimum Gasteiger partial charge on any atom is -0.462 e. The fourth-order valence-electron chi connectivity index (χ4n) is 7.24. The molecule has 9 atom stereocenters. The number of aliphatic hydroxyl groups is 2. The highest BCUT2D eigenvalue weighted by Gasteiger charge is 2.63. The van der Waals surface area contributed by atoms with E-state index in [-0.39, 0.29) is 40.7 Å². The average Bonchev–Trinajstić information content (AvgIpc) is 2.87. The van der Waals surface area contributed by atoms with Crippen molar-refractivity contribution < 1.29 is 29.3 Å². The first-order valence-corrected chi connectivity index (χ1v) is 11.0. The maximum Gasteiger partial charge on any atom is 0.302 e. The quantitative estimate of drug-likeness (QED) is 0.541. The lowest BCUT2D eigenvalue weighted by molar-refractivity contribution is -0.155. The van der Waals surface area contributed by atoms with Crippen molar-refractivity contribution in [3.63, 3.8) is 0 Å². The van der Waals surface area contributed by atoms with Crippen molar-refractivity contribution in [3.8, 4) is 0 Å². The molecule has 3 saturated carbocycles. The maximum atomic E-state index is 11.5. The summed E-state index contributed by atoms with van der Waals surface area (Å²) < 4.78 is 10.9. The van der Waals surface area contributed by atoms with Crippen molar-refractivity contribution >= 4 is 11.9 Å². The summed E-state index contributed by atoms with van der Waals surface area (Å²) in [6, 6.07) is 0. The lowest BCUT2D eigenvalue weighted by Gasteiger charge is -2.58. The van der Waals surface area contributed by atoms with E-state index in [9.17, 15) is 19.8 Å². The van der Waals surface area contributed by atoms with Crippen LogP contribution in [-0.2, 0) is 19.1 Å². The molecule has 29 heavy (non-hydrogen) atoms. The van der Waals surface area contributed by atoms with Crippen LogP contribution in [0.15, 0.2) is 11.6 Å². The number of hydrogen-bond donors (Lipinski definition) is 2. The molecular weight excluding hydrogens is 372 g/mol. The zero-order chi connectivity index (χ0) is 21.1. The van der Waals surface area contributed by atoms with E-state index in [1.165, 1.54) is 19.4 Å². The van der Waals surface area contributed by atoms with Gasteiger partial charge < -0.3 is 19.7 Å². The summed E-state index contributed by atoms with van der Waals surface area (Å²) >= 11 is 0. The van der Waals surface area contributed by atoms with Gasteiger partial charge in [-0.1, -0.05) is 25.5 Å². The highest BCUT2D eigenvalue weighted by molar-refractivity contribution is 5.66. The van der Waals surface area contributed by atoms with Gasteiger partial charge in [-0.15, -0.1) is 0 Å². The zero-order valence-corrected chi connectivity index (χ0v) is 17.9. The number of esters is 2. The van der Waals surface area contributed by atoms with Crippen LogP contribution in [0.5, 0.6) is 0 Å². The summed E-state index contributed by atoms with van der Waals surface area (Å²) in [5, 5.41) is 22.1. The van der Waals surface area contributed by atoms with Crippen molar-refractivity contribution in [1.82, 2.24) is 0 Å². The first-order chi connectivity index (χ1) is 13.6. The van der Waals surface area contributed by atoms with Crippen molar-refractivity contribution in [1.29, 1.82) is 0 Å². The number of hydrogen-bond acceptors (Lipinski definition) is 6. The van der Waals surface area contributed by atoms with Crippen LogP contribution in [0.3, 0.4) is 0 Å². The fourth-order valence-corrected chi connectivity index (χ4v) is 7.24. The van der Waals surface area contributed by atoms with E-state index in [1.54, 1.807) is 0 Å². The molecule has 4 aliphatic carbocycles. The summed E-state index contributed by atoms with van der Waals surface area (Å²) in [5.41, 5.74) is 0.841. The Balaban J connectivity index is 1.63. The summed E-state index contributed by atoms with van der Waals surface area (Å²) in [7, 11) is 0. The van der Waals surface area contributed by atoms with E-state index in [4.69, 9.17) is 9.47 Å². The van der Waals surface area contributed by atoms with Gasteiger partial charge >= 0.3 is 11.9 Å². The topological polar surface area (TPSA) is 93.1 Å². The van der Waals surface area contributed by atoms with Crippen LogP contribution >= 0.6 is 0 Å². The van der Waals surface area contributed by atoms with E-state index in [1.807, 2.05) is 6.08 Å². The standard InChI is InChI=1S/C23H34O6/c1-12(24)28-15-5-7-22(3)14(9-15)10-18(26)20-16(22)6-8-23(4)17(20)11-19(21(23)27)29-13(2)25/h10,15-21,26-27H,5-9,11H2,1-4H3/t15-,16?,17?,18-,19?,20+,21-,22-,23-/m0/s1. The molecule has 0 heterocycles. The van der Waals surface area contributed by atoms with Gasteiger partial charge in [0, 0.05) is 25.7 Å². The highest BCUT2D eigenvalue weighted by atomic mass is 16.6. The monoisotopic (exact) mass is 406 g/mol. The van der Waals surface area contributed by atoms with E-state index < -0.39 is 18.3 Å². The Kier molecular flexibility index (Phi) is 5.10. The molecule has 6 nitrogen and oxygen atoms in total. The van der Waals surface area contributed by atoms with E-state index in [0.717, 1.165) is 25.7 Å². The van der Waals surface area contributed by atoms with Crippen molar-refractivity contribution in [3.05, 3.63) is 11.6 Å². The predicted molar refractivity (Wildman–Crippen MR) is 106 cm³/mol. The molecular formula is C23H34O6. The molecule has 6 heteroatoms. The Morgan fingerprint density at radius 3 is 2.38 bits per heavy atom. The number of rotatable bonds is 2. The minimum atomic E-state index is -0.692. The molecule has 4 rings (SSSR count). The second-order valence-electron chi connectivity index (χ2n) is 10.2. The number of carbonyl (C=O) groups excluding carboxylic acids is 2. The Labute approximate surface area is 172 Å². The fraction of sp³-hybridized carbons (Fsp3) is 0.826. The van der Waals surface area contributed by atoms with Gasteiger partial charge in [-0.2, -0.15) is 0 Å². The molecule has 2 N–H and O–H groups in total. The van der Waals surface area contributed by atoms with Gasteiger partial charge in [-0.05, 0) is 55.3 Å². The number of carbonyl (C=O) groups is 2. The highest BCUT2D eigenvalue weighted by Crippen LogP contribution is 2.65. The first-order valence-electron chi connectivity index (χ1n) is 11.0. The third-order valence-corrected chi connectivity index (χ3v) is 8.69. The van der Waals surface area contributed by atoms with Crippen molar-refractivity contribution in [2.45, 2.75) is 90.6 Å². The average molecular weight is 407 g/mol. The van der Waals surface area contributed by atoms with Crippen LogP contribution in [0.4, 0.5) is 0 Å².